The second kappa shape index (κ2) is 5.50. The first kappa shape index (κ1) is 14.7. The van der Waals surface area contributed by atoms with Crippen LogP contribution in [0.4, 0.5) is 0 Å². The molecule has 1 aromatic rings. The molecular weight excluding hydrogens is 290 g/mol. The third-order valence-corrected chi connectivity index (χ3v) is 6.36. The number of rotatable bonds is 4. The molecule has 0 spiro atoms. The van der Waals surface area contributed by atoms with E-state index in [0.717, 1.165) is 18.5 Å². The Balaban J connectivity index is 2.13. The monoisotopic (exact) mass is 311 g/mol. The highest BCUT2D eigenvalue weighted by Crippen LogP contribution is 2.46. The highest BCUT2D eigenvalue weighted by Gasteiger charge is 2.45. The number of hydrogen-bond acceptors (Lipinski definition) is 5. The number of nitrogens with one attached hydrogen (secondary N) is 1. The van der Waals surface area contributed by atoms with Crippen molar-refractivity contribution >= 4 is 9.84 Å². The Kier molecular flexibility index (Phi) is 3.84. The van der Waals surface area contributed by atoms with Gasteiger partial charge in [0.1, 0.15) is 13.2 Å². The summed E-state index contributed by atoms with van der Waals surface area (Å²) in [6, 6.07) is 3.31. The van der Waals surface area contributed by atoms with Crippen LogP contribution in [0.2, 0.25) is 0 Å². The first-order valence-corrected chi connectivity index (χ1v) is 9.05. The van der Waals surface area contributed by atoms with Crippen molar-refractivity contribution < 1.29 is 17.9 Å². The van der Waals surface area contributed by atoms with Crippen LogP contribution in [0.5, 0.6) is 11.5 Å². The molecule has 2 heterocycles. The van der Waals surface area contributed by atoms with Crippen molar-refractivity contribution in [2.24, 2.45) is 0 Å². The van der Waals surface area contributed by atoms with Gasteiger partial charge in [-0.3, -0.25) is 0 Å². The Bertz CT molecular complexity index is 641. The molecule has 0 bridgehead atoms. The van der Waals surface area contributed by atoms with Gasteiger partial charge in [0.05, 0.1) is 16.2 Å². The Morgan fingerprint density at radius 1 is 1.19 bits per heavy atom. The summed E-state index contributed by atoms with van der Waals surface area (Å²) in [6.07, 6.45) is 1.49. The number of benzene rings is 1. The molecule has 0 fully saturated rings. The molecule has 1 N–H and O–H groups in total. The maximum atomic E-state index is 12.8. The molecule has 0 amide bonds. The van der Waals surface area contributed by atoms with Crippen LogP contribution in [0.15, 0.2) is 17.0 Å². The van der Waals surface area contributed by atoms with E-state index in [1.54, 1.807) is 6.07 Å². The second-order valence-corrected chi connectivity index (χ2v) is 7.58. The van der Waals surface area contributed by atoms with Gasteiger partial charge in [-0.25, -0.2) is 8.42 Å². The van der Waals surface area contributed by atoms with E-state index >= 15 is 0 Å². The van der Waals surface area contributed by atoms with Gasteiger partial charge in [-0.15, -0.1) is 0 Å². The van der Waals surface area contributed by atoms with Crippen LogP contribution >= 0.6 is 0 Å². The van der Waals surface area contributed by atoms with Crippen LogP contribution in [0, 0.1) is 0 Å². The number of sulfone groups is 1. The molecular formula is C15H21NO4S. The van der Waals surface area contributed by atoms with Crippen molar-refractivity contribution in [2.75, 3.05) is 19.8 Å². The molecule has 0 saturated carbocycles. The molecule has 116 valence electrons. The second-order valence-electron chi connectivity index (χ2n) is 5.44. The summed E-state index contributed by atoms with van der Waals surface area (Å²) in [5, 5.41) is 2.92. The van der Waals surface area contributed by atoms with E-state index in [1.165, 1.54) is 0 Å². The van der Waals surface area contributed by atoms with Crippen molar-refractivity contribution in [2.45, 2.75) is 42.9 Å². The largest absolute Gasteiger partial charge is 0.486 e. The predicted molar refractivity (Wildman–Crippen MR) is 79.7 cm³/mol. The van der Waals surface area contributed by atoms with Crippen molar-refractivity contribution in [1.82, 2.24) is 5.32 Å². The quantitative estimate of drug-likeness (QED) is 0.922. The summed E-state index contributed by atoms with van der Waals surface area (Å²) in [5.41, 5.74) is 0.819. The Hall–Kier alpha value is -1.27. The SMILES string of the molecule is CCCC1C(NCC)c2cc3c(cc2S1(=O)=O)OCCO3. The van der Waals surface area contributed by atoms with E-state index in [1.807, 2.05) is 19.9 Å². The standard InChI is InChI=1S/C15H21NO4S/c1-3-5-13-15(16-4-2)10-8-11-12(20-7-6-19-11)9-14(10)21(13,17)18/h8-9,13,15-16H,3-7H2,1-2H3. The lowest BCUT2D eigenvalue weighted by Gasteiger charge is -2.21. The molecule has 1 aromatic carbocycles. The van der Waals surface area contributed by atoms with Gasteiger partial charge in [-0.1, -0.05) is 20.3 Å². The summed E-state index contributed by atoms with van der Waals surface area (Å²) in [4.78, 5) is 0.399. The van der Waals surface area contributed by atoms with Gasteiger partial charge in [0, 0.05) is 6.07 Å². The summed E-state index contributed by atoms with van der Waals surface area (Å²) in [7, 11) is -3.31. The van der Waals surface area contributed by atoms with E-state index in [2.05, 4.69) is 5.32 Å². The van der Waals surface area contributed by atoms with E-state index in [4.69, 9.17) is 9.47 Å². The fourth-order valence-electron chi connectivity index (χ4n) is 3.19. The topological polar surface area (TPSA) is 64.6 Å². The molecule has 0 saturated heterocycles. The van der Waals surface area contributed by atoms with Crippen LogP contribution in [0.1, 0.15) is 38.3 Å². The van der Waals surface area contributed by atoms with Gasteiger partial charge in [0.15, 0.2) is 21.3 Å². The Morgan fingerprint density at radius 3 is 2.48 bits per heavy atom. The normalized spacial score (nSPS) is 25.6. The molecule has 6 heteroatoms. The first-order valence-electron chi connectivity index (χ1n) is 7.50. The van der Waals surface area contributed by atoms with Crippen LogP contribution < -0.4 is 14.8 Å². The van der Waals surface area contributed by atoms with E-state index in [0.29, 0.717) is 36.0 Å². The van der Waals surface area contributed by atoms with Crippen LogP contribution in [-0.4, -0.2) is 33.4 Å². The molecule has 0 radical (unpaired) electrons. The molecule has 2 aliphatic rings. The highest BCUT2D eigenvalue weighted by atomic mass is 32.2. The molecule has 2 aliphatic heterocycles. The van der Waals surface area contributed by atoms with Gasteiger partial charge < -0.3 is 14.8 Å². The Labute approximate surface area is 125 Å². The average molecular weight is 311 g/mol. The number of ether oxygens (including phenoxy) is 2. The summed E-state index contributed by atoms with van der Waals surface area (Å²) in [6.45, 7) is 5.70. The van der Waals surface area contributed by atoms with Crippen LogP contribution in [0.25, 0.3) is 0 Å². The zero-order valence-corrected chi connectivity index (χ0v) is 13.2. The van der Waals surface area contributed by atoms with Gasteiger partial charge in [0.2, 0.25) is 0 Å². The van der Waals surface area contributed by atoms with Crippen LogP contribution in [-0.2, 0) is 9.84 Å². The molecule has 0 aromatic heterocycles. The lowest BCUT2D eigenvalue weighted by molar-refractivity contribution is 0.170. The lowest BCUT2D eigenvalue weighted by Crippen LogP contribution is -2.31. The zero-order valence-electron chi connectivity index (χ0n) is 12.4. The van der Waals surface area contributed by atoms with Crippen molar-refractivity contribution in [1.29, 1.82) is 0 Å². The summed E-state index contributed by atoms with van der Waals surface area (Å²) in [5.74, 6) is 1.19. The third kappa shape index (κ3) is 2.30. The van der Waals surface area contributed by atoms with E-state index in [-0.39, 0.29) is 6.04 Å². The Morgan fingerprint density at radius 2 is 1.86 bits per heavy atom. The fourth-order valence-corrected chi connectivity index (χ4v) is 5.44. The van der Waals surface area contributed by atoms with Gasteiger partial charge in [-0.2, -0.15) is 0 Å². The minimum absolute atomic E-state index is 0.161. The number of hydrogen-bond donors (Lipinski definition) is 1. The molecule has 3 rings (SSSR count). The fraction of sp³-hybridized carbons (Fsp3) is 0.600. The molecule has 0 aliphatic carbocycles. The zero-order chi connectivity index (χ0) is 15.0. The number of fused-ring (bicyclic) bond motifs is 2. The van der Waals surface area contributed by atoms with Gasteiger partial charge in [-0.05, 0) is 24.6 Å². The molecule has 5 nitrogen and oxygen atoms in total. The van der Waals surface area contributed by atoms with Gasteiger partial charge >= 0.3 is 0 Å². The molecule has 2 unspecified atom stereocenters. The summed E-state index contributed by atoms with van der Waals surface area (Å²) < 4.78 is 36.7. The molecule has 2 atom stereocenters. The smallest absolute Gasteiger partial charge is 0.183 e. The van der Waals surface area contributed by atoms with E-state index in [9.17, 15) is 8.42 Å². The molecule has 21 heavy (non-hydrogen) atoms. The van der Waals surface area contributed by atoms with Gasteiger partial charge in [0.25, 0.3) is 0 Å². The maximum Gasteiger partial charge on any atom is 0.183 e. The first-order chi connectivity index (χ1) is 10.1. The highest BCUT2D eigenvalue weighted by molar-refractivity contribution is 7.92. The van der Waals surface area contributed by atoms with E-state index < -0.39 is 15.1 Å². The third-order valence-electron chi connectivity index (χ3n) is 4.08. The van der Waals surface area contributed by atoms with Crippen molar-refractivity contribution in [3.8, 4) is 11.5 Å². The minimum Gasteiger partial charge on any atom is -0.486 e. The van der Waals surface area contributed by atoms with Crippen molar-refractivity contribution in [3.05, 3.63) is 17.7 Å². The van der Waals surface area contributed by atoms with Crippen molar-refractivity contribution in [3.63, 3.8) is 0 Å². The lowest BCUT2D eigenvalue weighted by atomic mass is 10.0. The average Bonchev–Trinajstić information content (AvgIpc) is 2.67. The summed E-state index contributed by atoms with van der Waals surface area (Å²) >= 11 is 0. The predicted octanol–water partition coefficient (Wildman–Crippen LogP) is 2.06. The minimum atomic E-state index is -3.31. The van der Waals surface area contributed by atoms with Crippen LogP contribution in [0.3, 0.4) is 0 Å². The maximum absolute atomic E-state index is 12.8.